The Morgan fingerprint density at radius 2 is 1.83 bits per heavy atom. The Morgan fingerprint density at radius 3 is 2.55 bits per heavy atom. The summed E-state index contributed by atoms with van der Waals surface area (Å²) >= 11 is 7.37. The molecule has 0 spiro atoms. The highest BCUT2D eigenvalue weighted by molar-refractivity contribution is 7.99. The lowest BCUT2D eigenvalue weighted by Crippen LogP contribution is -2.05. The maximum Gasteiger partial charge on any atom is 0.359 e. The van der Waals surface area contributed by atoms with Crippen LogP contribution in [0.15, 0.2) is 70.6 Å². The van der Waals surface area contributed by atoms with Crippen LogP contribution in [-0.4, -0.2) is 33.2 Å². The summed E-state index contributed by atoms with van der Waals surface area (Å²) in [5.41, 5.74) is 0.891. The first-order valence-electron chi connectivity index (χ1n) is 8.70. The van der Waals surface area contributed by atoms with E-state index < -0.39 is 5.97 Å². The van der Waals surface area contributed by atoms with Crippen molar-refractivity contribution in [3.8, 4) is 5.75 Å². The quantitative estimate of drug-likeness (QED) is 0.469. The summed E-state index contributed by atoms with van der Waals surface area (Å²) in [6, 6.07) is 19.1. The molecule has 146 valence electrons. The molecular formula is C21H16ClN3O3S. The molecule has 1 aromatic heterocycles. The molecule has 3 aromatic carbocycles. The minimum absolute atomic E-state index is 0.0697. The zero-order valence-electron chi connectivity index (χ0n) is 15.4. The smallest absolute Gasteiger partial charge is 0.359 e. The fourth-order valence-corrected chi connectivity index (χ4v) is 4.07. The van der Waals surface area contributed by atoms with Crippen molar-refractivity contribution < 1.29 is 14.6 Å². The van der Waals surface area contributed by atoms with Crippen LogP contribution in [0.5, 0.6) is 5.75 Å². The molecule has 4 rings (SSSR count). The van der Waals surface area contributed by atoms with Crippen molar-refractivity contribution in [3.05, 3.63) is 76.9 Å². The molecule has 0 saturated carbocycles. The van der Waals surface area contributed by atoms with Gasteiger partial charge in [-0.25, -0.2) is 9.48 Å². The number of aromatic nitrogens is 3. The van der Waals surface area contributed by atoms with E-state index in [-0.39, 0.29) is 5.69 Å². The number of fused-ring (bicyclic) bond motifs is 1. The number of halogens is 1. The molecular weight excluding hydrogens is 410 g/mol. The van der Waals surface area contributed by atoms with Gasteiger partial charge in [0.1, 0.15) is 10.8 Å². The van der Waals surface area contributed by atoms with Crippen LogP contribution in [-0.2, 0) is 6.54 Å². The second-order valence-corrected chi connectivity index (χ2v) is 7.81. The van der Waals surface area contributed by atoms with E-state index in [2.05, 4.69) is 10.3 Å². The molecule has 1 N–H and O–H groups in total. The van der Waals surface area contributed by atoms with Gasteiger partial charge in [-0.15, -0.1) is 5.10 Å². The van der Waals surface area contributed by atoms with E-state index in [1.807, 2.05) is 60.7 Å². The SMILES string of the molecule is COc1ccc(Cn2nnc(C(=O)O)c2Sc2ccc3cc(Cl)ccc3c2)cc1. The third-order valence-corrected chi connectivity index (χ3v) is 5.69. The van der Waals surface area contributed by atoms with Gasteiger partial charge in [0.05, 0.1) is 13.7 Å². The van der Waals surface area contributed by atoms with Crippen molar-refractivity contribution in [2.45, 2.75) is 16.5 Å². The zero-order valence-corrected chi connectivity index (χ0v) is 16.9. The second-order valence-electron chi connectivity index (χ2n) is 6.31. The lowest BCUT2D eigenvalue weighted by atomic mass is 10.1. The number of hydrogen-bond donors (Lipinski definition) is 1. The van der Waals surface area contributed by atoms with Gasteiger partial charge < -0.3 is 9.84 Å². The minimum atomic E-state index is -1.11. The number of ether oxygens (including phenoxy) is 1. The van der Waals surface area contributed by atoms with Crippen molar-refractivity contribution in [1.29, 1.82) is 0 Å². The standard InChI is InChI=1S/C21H16ClN3O3S/c1-28-17-7-2-13(3-8-17)12-25-20(19(21(26)27)23-24-25)29-18-9-5-14-10-16(22)6-4-15(14)11-18/h2-11H,12H2,1H3,(H,26,27). The zero-order chi connectivity index (χ0) is 20.4. The molecule has 0 fully saturated rings. The molecule has 29 heavy (non-hydrogen) atoms. The summed E-state index contributed by atoms with van der Waals surface area (Å²) in [5.74, 6) is -0.356. The Balaban J connectivity index is 1.67. The van der Waals surface area contributed by atoms with Crippen LogP contribution in [0.2, 0.25) is 5.02 Å². The predicted octanol–water partition coefficient (Wildman–Crippen LogP) is 4.99. The molecule has 6 nitrogen and oxygen atoms in total. The third-order valence-electron chi connectivity index (χ3n) is 4.37. The first-order chi connectivity index (χ1) is 14.0. The normalized spacial score (nSPS) is 11.0. The number of methoxy groups -OCH3 is 1. The summed E-state index contributed by atoms with van der Waals surface area (Å²) in [6.07, 6.45) is 0. The third kappa shape index (κ3) is 4.21. The lowest BCUT2D eigenvalue weighted by Gasteiger charge is -2.09. The maximum atomic E-state index is 11.7. The van der Waals surface area contributed by atoms with Crippen molar-refractivity contribution in [1.82, 2.24) is 15.0 Å². The van der Waals surface area contributed by atoms with Crippen LogP contribution < -0.4 is 4.74 Å². The van der Waals surface area contributed by atoms with E-state index in [1.165, 1.54) is 11.8 Å². The van der Waals surface area contributed by atoms with Gasteiger partial charge >= 0.3 is 5.97 Å². The highest BCUT2D eigenvalue weighted by Gasteiger charge is 2.20. The molecule has 0 saturated heterocycles. The first-order valence-corrected chi connectivity index (χ1v) is 9.90. The summed E-state index contributed by atoms with van der Waals surface area (Å²) in [5, 5.41) is 20.6. The van der Waals surface area contributed by atoms with Crippen molar-refractivity contribution in [3.63, 3.8) is 0 Å². The van der Waals surface area contributed by atoms with Gasteiger partial charge in [0.2, 0.25) is 5.69 Å². The van der Waals surface area contributed by atoms with Crippen LogP contribution in [0.4, 0.5) is 0 Å². The van der Waals surface area contributed by atoms with Crippen molar-refractivity contribution in [2.24, 2.45) is 0 Å². The van der Waals surface area contributed by atoms with Gasteiger partial charge in [-0.1, -0.05) is 52.8 Å². The Morgan fingerprint density at radius 1 is 1.10 bits per heavy atom. The Hall–Kier alpha value is -3.03. The molecule has 0 aliphatic carbocycles. The minimum Gasteiger partial charge on any atom is -0.497 e. The second kappa shape index (κ2) is 8.14. The Bertz CT molecular complexity index is 1190. The molecule has 1 heterocycles. The lowest BCUT2D eigenvalue weighted by molar-refractivity contribution is 0.0686. The van der Waals surface area contributed by atoms with Gasteiger partial charge in [-0.05, 0) is 52.7 Å². The average Bonchev–Trinajstić information content (AvgIpc) is 3.11. The predicted molar refractivity (Wildman–Crippen MR) is 112 cm³/mol. The van der Waals surface area contributed by atoms with E-state index in [0.717, 1.165) is 27.0 Å². The summed E-state index contributed by atoms with van der Waals surface area (Å²) in [7, 11) is 1.61. The first kappa shape index (κ1) is 19.3. The van der Waals surface area contributed by atoms with E-state index in [0.29, 0.717) is 16.6 Å². The van der Waals surface area contributed by atoms with Crippen LogP contribution in [0.25, 0.3) is 10.8 Å². The number of nitrogens with zero attached hydrogens (tertiary/aromatic N) is 3. The fourth-order valence-electron chi connectivity index (χ4n) is 2.92. The molecule has 0 bridgehead atoms. The van der Waals surface area contributed by atoms with Crippen LogP contribution in [0.3, 0.4) is 0 Å². The Kier molecular flexibility index (Phi) is 5.42. The number of benzene rings is 3. The van der Waals surface area contributed by atoms with E-state index in [9.17, 15) is 9.90 Å². The van der Waals surface area contributed by atoms with Crippen LogP contribution in [0, 0.1) is 0 Å². The number of hydrogen-bond acceptors (Lipinski definition) is 5. The van der Waals surface area contributed by atoms with Gasteiger partial charge in [0, 0.05) is 9.92 Å². The highest BCUT2D eigenvalue weighted by atomic mass is 35.5. The molecule has 0 atom stereocenters. The van der Waals surface area contributed by atoms with Crippen molar-refractivity contribution in [2.75, 3.05) is 7.11 Å². The molecule has 0 amide bonds. The largest absolute Gasteiger partial charge is 0.497 e. The summed E-state index contributed by atoms with van der Waals surface area (Å²) < 4.78 is 6.77. The molecule has 0 radical (unpaired) electrons. The number of rotatable bonds is 6. The van der Waals surface area contributed by atoms with Crippen molar-refractivity contribution >= 4 is 40.1 Å². The molecule has 0 unspecified atom stereocenters. The number of carbonyl (C=O) groups is 1. The number of carboxylic acids is 1. The topological polar surface area (TPSA) is 77.2 Å². The van der Waals surface area contributed by atoms with E-state index >= 15 is 0 Å². The van der Waals surface area contributed by atoms with Crippen LogP contribution >= 0.6 is 23.4 Å². The van der Waals surface area contributed by atoms with E-state index in [1.54, 1.807) is 11.8 Å². The molecule has 0 aliphatic rings. The van der Waals surface area contributed by atoms with E-state index in [4.69, 9.17) is 16.3 Å². The van der Waals surface area contributed by atoms with Gasteiger partial charge in [0.15, 0.2) is 0 Å². The average molecular weight is 426 g/mol. The molecule has 0 aliphatic heterocycles. The van der Waals surface area contributed by atoms with Gasteiger partial charge in [0.25, 0.3) is 0 Å². The highest BCUT2D eigenvalue weighted by Crippen LogP contribution is 2.33. The molecule has 4 aromatic rings. The molecule has 8 heteroatoms. The summed E-state index contributed by atoms with van der Waals surface area (Å²) in [6.45, 7) is 0.399. The maximum absolute atomic E-state index is 11.7. The Labute approximate surface area is 176 Å². The number of aromatic carboxylic acids is 1. The van der Waals surface area contributed by atoms with Crippen LogP contribution in [0.1, 0.15) is 16.1 Å². The summed E-state index contributed by atoms with van der Waals surface area (Å²) in [4.78, 5) is 12.5. The monoisotopic (exact) mass is 425 g/mol. The fraction of sp³-hybridized carbons (Fsp3) is 0.0952. The van der Waals surface area contributed by atoms with Gasteiger partial charge in [-0.3, -0.25) is 0 Å². The number of carboxylic acid groups (broad SMARTS) is 1. The van der Waals surface area contributed by atoms with Gasteiger partial charge in [-0.2, -0.15) is 0 Å².